The highest BCUT2D eigenvalue weighted by atomic mass is 19.1. The zero-order valence-electron chi connectivity index (χ0n) is 11.4. The number of halogens is 2. The Kier molecular flexibility index (Phi) is 4.35. The second kappa shape index (κ2) is 6.01. The average Bonchev–Trinajstić information content (AvgIpc) is 2.40. The van der Waals surface area contributed by atoms with Gasteiger partial charge in [0.25, 0.3) is 0 Å². The van der Waals surface area contributed by atoms with Gasteiger partial charge in [0.2, 0.25) is 0 Å². The summed E-state index contributed by atoms with van der Waals surface area (Å²) < 4.78 is 32.3. The van der Waals surface area contributed by atoms with Crippen LogP contribution in [0.15, 0.2) is 36.4 Å². The van der Waals surface area contributed by atoms with E-state index in [2.05, 4.69) is 0 Å². The van der Waals surface area contributed by atoms with Gasteiger partial charge >= 0.3 is 0 Å². The monoisotopic (exact) mass is 278 g/mol. The second-order valence-electron chi connectivity index (χ2n) is 4.73. The maximum Gasteiger partial charge on any atom is 0.165 e. The van der Waals surface area contributed by atoms with E-state index in [4.69, 9.17) is 4.74 Å². The Labute approximate surface area is 116 Å². The smallest absolute Gasteiger partial charge is 0.165 e. The van der Waals surface area contributed by atoms with E-state index in [1.165, 1.54) is 24.3 Å². The Morgan fingerprint density at radius 2 is 1.90 bits per heavy atom. The van der Waals surface area contributed by atoms with Gasteiger partial charge in [0.15, 0.2) is 11.6 Å². The highest BCUT2D eigenvalue weighted by Gasteiger charge is 2.09. The summed E-state index contributed by atoms with van der Waals surface area (Å²) in [4.78, 5) is 0. The van der Waals surface area contributed by atoms with Crippen LogP contribution in [0.5, 0.6) is 5.75 Å². The lowest BCUT2D eigenvalue weighted by Gasteiger charge is -2.11. The fourth-order valence-corrected chi connectivity index (χ4v) is 1.85. The summed E-state index contributed by atoms with van der Waals surface area (Å²) >= 11 is 0. The molecule has 2 aromatic carbocycles. The minimum Gasteiger partial charge on any atom is -0.486 e. The molecule has 0 aliphatic rings. The van der Waals surface area contributed by atoms with Crippen LogP contribution in [0.1, 0.15) is 29.7 Å². The molecule has 0 spiro atoms. The maximum absolute atomic E-state index is 13.8. The molecule has 0 saturated carbocycles. The third kappa shape index (κ3) is 3.33. The standard InChI is InChI=1S/C16H16F2O2/c1-10-3-5-14(17)7-13(10)9-20-16-6-4-12(11(2)19)8-15(16)18/h3-8,11,19H,9H2,1-2H3. The number of hydrogen-bond donors (Lipinski definition) is 1. The molecule has 2 nitrogen and oxygen atoms in total. The molecule has 4 heteroatoms. The first-order valence-corrected chi connectivity index (χ1v) is 6.32. The van der Waals surface area contributed by atoms with Crippen molar-refractivity contribution >= 4 is 0 Å². The molecule has 0 aliphatic carbocycles. The maximum atomic E-state index is 13.8. The Balaban J connectivity index is 2.13. The molecule has 1 N–H and O–H groups in total. The van der Waals surface area contributed by atoms with Gasteiger partial charge in [0, 0.05) is 0 Å². The minimum atomic E-state index is -0.732. The molecule has 2 aromatic rings. The topological polar surface area (TPSA) is 29.5 Å². The number of benzene rings is 2. The first-order valence-electron chi connectivity index (χ1n) is 6.32. The van der Waals surface area contributed by atoms with Crippen molar-refractivity contribution in [3.63, 3.8) is 0 Å². The van der Waals surface area contributed by atoms with Crippen LogP contribution in [0.4, 0.5) is 8.78 Å². The van der Waals surface area contributed by atoms with Crippen LogP contribution < -0.4 is 4.74 Å². The van der Waals surface area contributed by atoms with Gasteiger partial charge in [-0.3, -0.25) is 0 Å². The lowest BCUT2D eigenvalue weighted by atomic mass is 10.1. The molecular formula is C16H16F2O2. The van der Waals surface area contributed by atoms with Gasteiger partial charge in [0.05, 0.1) is 6.10 Å². The Morgan fingerprint density at radius 3 is 2.55 bits per heavy atom. The van der Waals surface area contributed by atoms with E-state index in [1.54, 1.807) is 19.1 Å². The summed E-state index contributed by atoms with van der Waals surface area (Å²) in [5.41, 5.74) is 2.04. The van der Waals surface area contributed by atoms with Crippen molar-refractivity contribution in [3.05, 3.63) is 64.7 Å². The van der Waals surface area contributed by atoms with Gasteiger partial charge in [-0.05, 0) is 54.8 Å². The Bertz CT molecular complexity index is 609. The molecule has 106 valence electrons. The molecular weight excluding hydrogens is 262 g/mol. The highest BCUT2D eigenvalue weighted by Crippen LogP contribution is 2.23. The van der Waals surface area contributed by atoms with Gasteiger partial charge in [-0.25, -0.2) is 8.78 Å². The molecule has 2 rings (SSSR count). The molecule has 0 amide bonds. The van der Waals surface area contributed by atoms with Crippen molar-refractivity contribution in [1.29, 1.82) is 0 Å². The van der Waals surface area contributed by atoms with Crippen LogP contribution in [0.2, 0.25) is 0 Å². The van der Waals surface area contributed by atoms with Crippen LogP contribution >= 0.6 is 0 Å². The summed E-state index contributed by atoms with van der Waals surface area (Å²) in [7, 11) is 0. The van der Waals surface area contributed by atoms with Gasteiger partial charge in [0.1, 0.15) is 12.4 Å². The molecule has 0 saturated heterocycles. The third-order valence-electron chi connectivity index (χ3n) is 3.13. The number of aliphatic hydroxyl groups excluding tert-OH is 1. The predicted octanol–water partition coefficient (Wildman–Crippen LogP) is 3.91. The minimum absolute atomic E-state index is 0.0815. The highest BCUT2D eigenvalue weighted by molar-refractivity contribution is 5.31. The average molecular weight is 278 g/mol. The summed E-state index contributed by atoms with van der Waals surface area (Å²) in [5.74, 6) is -0.811. The van der Waals surface area contributed by atoms with E-state index < -0.39 is 11.9 Å². The van der Waals surface area contributed by atoms with Crippen molar-refractivity contribution in [2.75, 3.05) is 0 Å². The third-order valence-corrected chi connectivity index (χ3v) is 3.13. The van der Waals surface area contributed by atoms with Crippen LogP contribution in [0.3, 0.4) is 0 Å². The molecule has 1 unspecified atom stereocenters. The zero-order chi connectivity index (χ0) is 14.7. The van der Waals surface area contributed by atoms with E-state index in [0.29, 0.717) is 11.1 Å². The van der Waals surface area contributed by atoms with Gasteiger partial charge < -0.3 is 9.84 Å². The van der Waals surface area contributed by atoms with E-state index in [0.717, 1.165) is 5.56 Å². The number of aliphatic hydroxyl groups is 1. The Hall–Kier alpha value is -1.94. The lowest BCUT2D eigenvalue weighted by molar-refractivity contribution is 0.198. The normalized spacial score (nSPS) is 12.2. The SMILES string of the molecule is Cc1ccc(F)cc1COc1ccc(C(C)O)cc1F. The first kappa shape index (κ1) is 14.5. The van der Waals surface area contributed by atoms with E-state index in [1.807, 2.05) is 6.92 Å². The molecule has 0 fully saturated rings. The van der Waals surface area contributed by atoms with Crippen molar-refractivity contribution < 1.29 is 18.6 Å². The molecule has 0 bridgehead atoms. The number of ether oxygens (including phenoxy) is 1. The van der Waals surface area contributed by atoms with Crippen LogP contribution in [0.25, 0.3) is 0 Å². The molecule has 20 heavy (non-hydrogen) atoms. The van der Waals surface area contributed by atoms with Crippen LogP contribution in [-0.4, -0.2) is 5.11 Å². The summed E-state index contributed by atoms with van der Waals surface area (Å²) in [5, 5.41) is 9.36. The molecule has 0 radical (unpaired) electrons. The van der Waals surface area contributed by atoms with Crippen molar-refractivity contribution in [3.8, 4) is 5.75 Å². The van der Waals surface area contributed by atoms with Gasteiger partial charge in [-0.15, -0.1) is 0 Å². The fourth-order valence-electron chi connectivity index (χ4n) is 1.85. The number of hydrogen-bond acceptors (Lipinski definition) is 2. The van der Waals surface area contributed by atoms with Crippen molar-refractivity contribution in [2.24, 2.45) is 0 Å². The quantitative estimate of drug-likeness (QED) is 0.919. The summed E-state index contributed by atoms with van der Waals surface area (Å²) in [6.45, 7) is 3.49. The van der Waals surface area contributed by atoms with E-state index in [-0.39, 0.29) is 18.2 Å². The number of rotatable bonds is 4. The first-order chi connectivity index (χ1) is 9.47. The van der Waals surface area contributed by atoms with Gasteiger partial charge in [-0.1, -0.05) is 12.1 Å². The van der Waals surface area contributed by atoms with Crippen LogP contribution in [-0.2, 0) is 6.61 Å². The summed E-state index contributed by atoms with van der Waals surface area (Å²) in [6.07, 6.45) is -0.732. The molecule has 0 heterocycles. The number of aryl methyl sites for hydroxylation is 1. The molecule has 1 atom stereocenters. The summed E-state index contributed by atoms with van der Waals surface area (Å²) in [6, 6.07) is 8.70. The fraction of sp³-hybridized carbons (Fsp3) is 0.250. The molecule has 0 aromatic heterocycles. The second-order valence-corrected chi connectivity index (χ2v) is 4.73. The van der Waals surface area contributed by atoms with E-state index in [9.17, 15) is 13.9 Å². The zero-order valence-corrected chi connectivity index (χ0v) is 11.4. The lowest BCUT2D eigenvalue weighted by Crippen LogP contribution is -2.01. The molecule has 0 aliphatic heterocycles. The largest absolute Gasteiger partial charge is 0.486 e. The van der Waals surface area contributed by atoms with Crippen molar-refractivity contribution in [1.82, 2.24) is 0 Å². The van der Waals surface area contributed by atoms with Crippen LogP contribution in [0, 0.1) is 18.6 Å². The van der Waals surface area contributed by atoms with E-state index >= 15 is 0 Å². The van der Waals surface area contributed by atoms with Crippen molar-refractivity contribution in [2.45, 2.75) is 26.6 Å². The Morgan fingerprint density at radius 1 is 1.15 bits per heavy atom. The van der Waals surface area contributed by atoms with Gasteiger partial charge in [-0.2, -0.15) is 0 Å². The predicted molar refractivity (Wildman–Crippen MR) is 72.5 cm³/mol.